The summed E-state index contributed by atoms with van der Waals surface area (Å²) in [6.07, 6.45) is 10.5. The van der Waals surface area contributed by atoms with E-state index < -0.39 is 5.54 Å². The lowest BCUT2D eigenvalue weighted by atomic mass is 9.77. The maximum Gasteiger partial charge on any atom is 0.237 e. The molecule has 0 aromatic heterocycles. The van der Waals surface area contributed by atoms with E-state index in [1.807, 2.05) is 0 Å². The van der Waals surface area contributed by atoms with Crippen LogP contribution in [-0.4, -0.2) is 41.5 Å². The van der Waals surface area contributed by atoms with Gasteiger partial charge in [0.05, 0.1) is 5.54 Å². The monoisotopic (exact) mass is 295 g/mol. The summed E-state index contributed by atoms with van der Waals surface area (Å²) in [6, 6.07) is 1.25. The van der Waals surface area contributed by atoms with Gasteiger partial charge in [-0.25, -0.2) is 0 Å². The van der Waals surface area contributed by atoms with Crippen molar-refractivity contribution in [1.82, 2.24) is 10.2 Å². The second kappa shape index (κ2) is 7.59. The van der Waals surface area contributed by atoms with Crippen molar-refractivity contribution >= 4 is 5.91 Å². The summed E-state index contributed by atoms with van der Waals surface area (Å²) >= 11 is 0. The van der Waals surface area contributed by atoms with Gasteiger partial charge < -0.3 is 11.1 Å². The fourth-order valence-electron chi connectivity index (χ4n) is 4.42. The zero-order valence-corrected chi connectivity index (χ0v) is 13.9. The summed E-state index contributed by atoms with van der Waals surface area (Å²) in [5, 5.41) is 3.48. The first-order chi connectivity index (χ1) is 10.1. The molecule has 2 saturated carbocycles. The molecule has 3 N–H and O–H groups in total. The fraction of sp³-hybridized carbons (Fsp3) is 0.941. The van der Waals surface area contributed by atoms with Crippen LogP contribution in [-0.2, 0) is 4.79 Å². The average molecular weight is 295 g/mol. The van der Waals surface area contributed by atoms with Crippen LogP contribution in [0.15, 0.2) is 0 Å². The number of rotatable bonds is 7. The van der Waals surface area contributed by atoms with Gasteiger partial charge in [-0.15, -0.1) is 0 Å². The predicted molar refractivity (Wildman–Crippen MR) is 87.1 cm³/mol. The third-order valence-electron chi connectivity index (χ3n) is 5.54. The van der Waals surface area contributed by atoms with Crippen molar-refractivity contribution in [3.8, 4) is 0 Å². The van der Waals surface area contributed by atoms with Crippen LogP contribution < -0.4 is 11.1 Å². The number of nitrogens with zero attached hydrogens (tertiary/aromatic N) is 1. The zero-order chi connectivity index (χ0) is 15.3. The molecule has 1 amide bonds. The highest BCUT2D eigenvalue weighted by molar-refractivity contribution is 5.84. The summed E-state index contributed by atoms with van der Waals surface area (Å²) < 4.78 is 0. The van der Waals surface area contributed by atoms with Gasteiger partial charge in [0.15, 0.2) is 0 Å². The largest absolute Gasteiger partial charge is 0.368 e. The van der Waals surface area contributed by atoms with Gasteiger partial charge in [0, 0.05) is 12.1 Å². The summed E-state index contributed by atoms with van der Waals surface area (Å²) in [7, 11) is 0. The van der Waals surface area contributed by atoms with Crippen LogP contribution in [0.1, 0.15) is 71.6 Å². The van der Waals surface area contributed by atoms with E-state index in [1.54, 1.807) is 0 Å². The Labute approximate surface area is 129 Å². The Morgan fingerprint density at radius 2 is 1.86 bits per heavy atom. The summed E-state index contributed by atoms with van der Waals surface area (Å²) in [4.78, 5) is 14.8. The molecule has 0 aromatic carbocycles. The van der Waals surface area contributed by atoms with E-state index in [0.29, 0.717) is 6.04 Å². The zero-order valence-electron chi connectivity index (χ0n) is 13.9. The highest BCUT2D eigenvalue weighted by atomic mass is 16.1. The van der Waals surface area contributed by atoms with Crippen LogP contribution >= 0.6 is 0 Å². The normalized spacial score (nSPS) is 30.9. The van der Waals surface area contributed by atoms with E-state index in [-0.39, 0.29) is 5.91 Å². The number of nitrogens with two attached hydrogens (primary N) is 1. The van der Waals surface area contributed by atoms with Crippen LogP contribution in [0.3, 0.4) is 0 Å². The van der Waals surface area contributed by atoms with Crippen LogP contribution in [0, 0.1) is 0 Å². The van der Waals surface area contributed by atoms with Gasteiger partial charge in [-0.1, -0.05) is 26.7 Å². The van der Waals surface area contributed by atoms with Gasteiger partial charge in [0.25, 0.3) is 0 Å². The Balaban J connectivity index is 2.07. The van der Waals surface area contributed by atoms with E-state index in [4.69, 9.17) is 5.73 Å². The van der Waals surface area contributed by atoms with E-state index in [1.165, 1.54) is 32.1 Å². The minimum Gasteiger partial charge on any atom is -0.368 e. The lowest BCUT2D eigenvalue weighted by Crippen LogP contribution is -2.61. The number of carbonyl (C=O) groups is 1. The number of hydrogen-bond acceptors (Lipinski definition) is 3. The molecule has 0 spiro atoms. The molecule has 0 aliphatic heterocycles. The van der Waals surface area contributed by atoms with Crippen LogP contribution in [0.25, 0.3) is 0 Å². The topological polar surface area (TPSA) is 58.4 Å². The van der Waals surface area contributed by atoms with Gasteiger partial charge >= 0.3 is 0 Å². The van der Waals surface area contributed by atoms with Crippen molar-refractivity contribution in [2.75, 3.05) is 13.1 Å². The summed E-state index contributed by atoms with van der Waals surface area (Å²) in [5.74, 6) is -0.150. The molecular weight excluding hydrogens is 262 g/mol. The van der Waals surface area contributed by atoms with Crippen LogP contribution in [0.5, 0.6) is 0 Å². The molecule has 0 heterocycles. The molecule has 0 radical (unpaired) electrons. The van der Waals surface area contributed by atoms with E-state index in [9.17, 15) is 4.79 Å². The molecule has 2 aliphatic rings. The quantitative estimate of drug-likeness (QED) is 0.758. The highest BCUT2D eigenvalue weighted by Gasteiger charge is 2.43. The number of primary amides is 1. The Bertz CT molecular complexity index is 341. The number of nitrogens with one attached hydrogen (secondary N) is 1. The molecule has 0 aromatic rings. The molecule has 0 saturated heterocycles. The third-order valence-corrected chi connectivity index (χ3v) is 5.54. The van der Waals surface area contributed by atoms with Gasteiger partial charge in [0.2, 0.25) is 5.91 Å². The van der Waals surface area contributed by atoms with E-state index in [2.05, 4.69) is 24.1 Å². The molecule has 4 heteroatoms. The molecule has 2 fully saturated rings. The van der Waals surface area contributed by atoms with E-state index in [0.717, 1.165) is 44.8 Å². The maximum atomic E-state index is 12.1. The van der Waals surface area contributed by atoms with Gasteiger partial charge in [0.1, 0.15) is 0 Å². The minimum atomic E-state index is -0.467. The first-order valence-electron chi connectivity index (χ1n) is 8.93. The van der Waals surface area contributed by atoms with Crippen molar-refractivity contribution in [1.29, 1.82) is 0 Å². The van der Waals surface area contributed by atoms with Crippen molar-refractivity contribution in [3.05, 3.63) is 0 Å². The third kappa shape index (κ3) is 3.78. The molecule has 4 nitrogen and oxygen atoms in total. The SMILES string of the molecule is CCCNC1(C(N)=O)CCCC(N(CC)C2CCCC2)C1. The van der Waals surface area contributed by atoms with Crippen molar-refractivity contribution in [3.63, 3.8) is 0 Å². The van der Waals surface area contributed by atoms with Gasteiger partial charge in [-0.3, -0.25) is 9.69 Å². The van der Waals surface area contributed by atoms with Crippen LogP contribution in [0.2, 0.25) is 0 Å². The van der Waals surface area contributed by atoms with Crippen molar-refractivity contribution in [2.45, 2.75) is 89.3 Å². The first kappa shape index (κ1) is 16.8. The lowest BCUT2D eigenvalue weighted by molar-refractivity contribution is -0.127. The molecule has 2 rings (SSSR count). The smallest absolute Gasteiger partial charge is 0.237 e. The lowest BCUT2D eigenvalue weighted by Gasteiger charge is -2.45. The maximum absolute atomic E-state index is 12.1. The minimum absolute atomic E-state index is 0.150. The van der Waals surface area contributed by atoms with Gasteiger partial charge in [-0.2, -0.15) is 0 Å². The summed E-state index contributed by atoms with van der Waals surface area (Å²) in [6.45, 7) is 6.38. The van der Waals surface area contributed by atoms with Crippen molar-refractivity contribution in [2.24, 2.45) is 5.73 Å². The molecule has 21 heavy (non-hydrogen) atoms. The average Bonchev–Trinajstić information content (AvgIpc) is 3.00. The fourth-order valence-corrected chi connectivity index (χ4v) is 4.42. The van der Waals surface area contributed by atoms with Crippen molar-refractivity contribution < 1.29 is 4.79 Å². The highest BCUT2D eigenvalue weighted by Crippen LogP contribution is 2.35. The Hall–Kier alpha value is -0.610. The second-order valence-electron chi connectivity index (χ2n) is 6.89. The standard InChI is InChI=1S/C17H33N3O/c1-3-12-19-17(16(18)21)11-7-10-15(13-17)20(4-2)14-8-5-6-9-14/h14-15,19H,3-13H2,1-2H3,(H2,18,21). The summed E-state index contributed by atoms with van der Waals surface area (Å²) in [5.41, 5.74) is 5.31. The number of amides is 1. The van der Waals surface area contributed by atoms with Gasteiger partial charge in [-0.05, 0) is 58.0 Å². The van der Waals surface area contributed by atoms with E-state index >= 15 is 0 Å². The Morgan fingerprint density at radius 1 is 1.19 bits per heavy atom. The Kier molecular flexibility index (Phi) is 6.06. The van der Waals surface area contributed by atoms with Crippen LogP contribution in [0.4, 0.5) is 0 Å². The molecule has 122 valence electrons. The Morgan fingerprint density at radius 3 is 2.43 bits per heavy atom. The molecule has 0 bridgehead atoms. The molecule has 2 unspecified atom stereocenters. The first-order valence-corrected chi connectivity index (χ1v) is 8.93. The number of carbonyl (C=O) groups excluding carboxylic acids is 1. The predicted octanol–water partition coefficient (Wildman–Crippen LogP) is 2.42. The molecule has 2 atom stereocenters. The molecule has 2 aliphatic carbocycles. The number of hydrogen-bond donors (Lipinski definition) is 2. The second-order valence-corrected chi connectivity index (χ2v) is 6.89. The molecular formula is C17H33N3O.